The molecule has 4 rings (SSSR count). The highest BCUT2D eigenvalue weighted by Gasteiger charge is 2.30. The first-order valence-electron chi connectivity index (χ1n) is 11.5. The van der Waals surface area contributed by atoms with Crippen molar-refractivity contribution in [3.05, 3.63) is 40.8 Å². The summed E-state index contributed by atoms with van der Waals surface area (Å²) in [6, 6.07) is 6.35. The van der Waals surface area contributed by atoms with Gasteiger partial charge in [0.1, 0.15) is 43.6 Å². The zero-order valence-corrected chi connectivity index (χ0v) is 18.5. The fourth-order valence-corrected chi connectivity index (χ4v) is 4.59. The van der Waals surface area contributed by atoms with Crippen molar-refractivity contribution in [1.29, 1.82) is 5.26 Å². The van der Waals surface area contributed by atoms with Crippen molar-refractivity contribution < 1.29 is 23.9 Å². The average molecular weight is 428 g/mol. The summed E-state index contributed by atoms with van der Waals surface area (Å²) in [5.74, 6) is 2.72. The number of likely N-dealkylation sites (N-methyl/N-ethyl adjacent to an activating group) is 1. The van der Waals surface area contributed by atoms with Crippen LogP contribution < -0.4 is 25.4 Å². The van der Waals surface area contributed by atoms with E-state index in [2.05, 4.69) is 28.6 Å². The van der Waals surface area contributed by atoms with Crippen LogP contribution in [0.5, 0.6) is 0 Å². The number of H-pyrrole nitrogens is 1. The number of furan rings is 1. The fourth-order valence-electron chi connectivity index (χ4n) is 4.59. The molecule has 0 aromatic carbocycles. The highest BCUT2D eigenvalue weighted by molar-refractivity contribution is 5.60. The van der Waals surface area contributed by atoms with Crippen molar-refractivity contribution in [2.45, 2.75) is 32.9 Å². The summed E-state index contributed by atoms with van der Waals surface area (Å²) >= 11 is 0. The number of pyridine rings is 1. The van der Waals surface area contributed by atoms with Crippen LogP contribution in [0.4, 0.5) is 11.6 Å². The van der Waals surface area contributed by atoms with E-state index in [9.17, 15) is 5.26 Å². The standard InChI is InChI=1S/C23H32N6O2/c1-2-28-9-6-19-20(15-24)22(25-7-4-8-29-10-13-30-14-11-29)27-23(21(19)17-28)26-16-18-5-3-12-31-18/h3,5,12H,2,4,6-11,13-14,16-17H2,1H3,(H2,25,26,27)/p+3. The van der Waals surface area contributed by atoms with E-state index in [-0.39, 0.29) is 0 Å². The first kappa shape index (κ1) is 21.6. The number of hydrogen-bond donors (Lipinski definition) is 4. The minimum absolute atomic E-state index is 0.614. The average Bonchev–Trinajstić information content (AvgIpc) is 3.34. The minimum atomic E-state index is 0.614. The normalized spacial score (nSPS) is 18.9. The molecule has 0 amide bonds. The Hall–Kier alpha value is -2.60. The van der Waals surface area contributed by atoms with Gasteiger partial charge in [0.2, 0.25) is 11.6 Å². The summed E-state index contributed by atoms with van der Waals surface area (Å²) in [5.41, 5.74) is 3.18. The molecule has 31 heavy (non-hydrogen) atoms. The fraction of sp³-hybridized carbons (Fsp3) is 0.565. The van der Waals surface area contributed by atoms with E-state index in [4.69, 9.17) is 9.15 Å². The molecular formula is C23H35N6O2+3. The van der Waals surface area contributed by atoms with Gasteiger partial charge in [-0.2, -0.15) is 5.26 Å². The maximum atomic E-state index is 9.96. The van der Waals surface area contributed by atoms with Crippen LogP contribution in [0.1, 0.15) is 35.8 Å². The molecule has 8 heteroatoms. The number of fused-ring (bicyclic) bond motifs is 1. The summed E-state index contributed by atoms with van der Waals surface area (Å²) < 4.78 is 10.9. The van der Waals surface area contributed by atoms with Crippen molar-refractivity contribution in [2.75, 3.05) is 63.1 Å². The Morgan fingerprint density at radius 2 is 2.00 bits per heavy atom. The Bertz CT molecular complexity index is 886. The third kappa shape index (κ3) is 5.37. The third-order valence-electron chi connectivity index (χ3n) is 6.46. The predicted molar refractivity (Wildman–Crippen MR) is 117 cm³/mol. The first-order chi connectivity index (χ1) is 15.3. The highest BCUT2D eigenvalue weighted by atomic mass is 16.5. The smallest absolute Gasteiger partial charge is 0.237 e. The van der Waals surface area contributed by atoms with Gasteiger partial charge in [-0.3, -0.25) is 5.32 Å². The molecule has 0 aliphatic carbocycles. The maximum Gasteiger partial charge on any atom is 0.237 e. The number of quaternary nitrogens is 2. The van der Waals surface area contributed by atoms with Gasteiger partial charge in [0.25, 0.3) is 0 Å². The second-order valence-electron chi connectivity index (χ2n) is 8.42. The molecule has 1 atom stereocenters. The molecular weight excluding hydrogens is 392 g/mol. The quantitative estimate of drug-likeness (QED) is 0.396. The first-order valence-corrected chi connectivity index (χ1v) is 11.5. The molecule has 0 spiro atoms. The number of nitriles is 1. The molecule has 2 aliphatic heterocycles. The number of morpholine rings is 1. The Labute approximate surface area is 184 Å². The summed E-state index contributed by atoms with van der Waals surface area (Å²) in [6.45, 7) is 11.8. The van der Waals surface area contributed by atoms with Gasteiger partial charge in [0, 0.05) is 12.8 Å². The third-order valence-corrected chi connectivity index (χ3v) is 6.46. The van der Waals surface area contributed by atoms with Gasteiger partial charge in [-0.1, -0.05) is 0 Å². The maximum absolute atomic E-state index is 9.96. The molecule has 5 N–H and O–H groups in total. The highest BCUT2D eigenvalue weighted by Crippen LogP contribution is 2.26. The lowest BCUT2D eigenvalue weighted by atomic mass is 9.95. The second kappa shape index (κ2) is 10.6. The van der Waals surface area contributed by atoms with Crippen LogP contribution in [0.15, 0.2) is 22.8 Å². The van der Waals surface area contributed by atoms with Crippen molar-refractivity contribution in [2.24, 2.45) is 0 Å². The molecule has 4 heterocycles. The number of nitrogens with one attached hydrogen (secondary N) is 5. The van der Waals surface area contributed by atoms with Gasteiger partial charge < -0.3 is 24.3 Å². The monoisotopic (exact) mass is 427 g/mol. The number of ether oxygens (including phenoxy) is 1. The van der Waals surface area contributed by atoms with Crippen molar-refractivity contribution in [1.82, 2.24) is 0 Å². The largest absolute Gasteiger partial charge is 0.466 e. The van der Waals surface area contributed by atoms with E-state index >= 15 is 0 Å². The summed E-state index contributed by atoms with van der Waals surface area (Å²) in [5, 5.41) is 17.0. The number of rotatable bonds is 9. The van der Waals surface area contributed by atoms with Crippen LogP contribution in [0.2, 0.25) is 0 Å². The molecule has 2 aromatic heterocycles. The molecule has 1 fully saturated rings. The van der Waals surface area contributed by atoms with Gasteiger partial charge in [-0.15, -0.1) is 0 Å². The number of hydrogen-bond acceptors (Lipinski definition) is 5. The zero-order valence-electron chi connectivity index (χ0n) is 18.5. The Balaban J connectivity index is 1.49. The summed E-state index contributed by atoms with van der Waals surface area (Å²) in [4.78, 5) is 6.66. The number of aromatic amines is 1. The lowest BCUT2D eigenvalue weighted by molar-refractivity contribution is -0.914. The predicted octanol–water partition coefficient (Wildman–Crippen LogP) is -0.745. The van der Waals surface area contributed by atoms with Crippen molar-refractivity contribution in [3.8, 4) is 6.07 Å². The van der Waals surface area contributed by atoms with Crippen molar-refractivity contribution >= 4 is 11.6 Å². The van der Waals surface area contributed by atoms with Gasteiger partial charge in [0.05, 0.1) is 51.2 Å². The number of nitrogens with zero attached hydrogens (tertiary/aromatic N) is 1. The van der Waals surface area contributed by atoms with Gasteiger partial charge >= 0.3 is 0 Å². The molecule has 8 nitrogen and oxygen atoms in total. The van der Waals surface area contributed by atoms with E-state index in [1.165, 1.54) is 11.1 Å². The van der Waals surface area contributed by atoms with E-state index in [0.717, 1.165) is 94.8 Å². The lowest BCUT2D eigenvalue weighted by Gasteiger charge is -2.26. The van der Waals surface area contributed by atoms with E-state index < -0.39 is 0 Å². The molecule has 2 aliphatic rings. The molecule has 1 unspecified atom stereocenters. The van der Waals surface area contributed by atoms with Crippen LogP contribution in [0.3, 0.4) is 0 Å². The van der Waals surface area contributed by atoms with Crippen LogP contribution >= 0.6 is 0 Å². The molecule has 1 saturated heterocycles. The SMILES string of the molecule is CC[NH+]1CCc2c(C#N)c(NCCC[NH+]3CCOCC3)[nH+]c(NCc3ccco3)c2C1. The number of anilines is 2. The van der Waals surface area contributed by atoms with Gasteiger partial charge in [-0.05, 0) is 24.6 Å². The number of aromatic nitrogens is 1. The minimum Gasteiger partial charge on any atom is -0.466 e. The van der Waals surface area contributed by atoms with E-state index in [1.807, 2.05) is 12.1 Å². The Morgan fingerprint density at radius 1 is 1.13 bits per heavy atom. The molecule has 0 saturated carbocycles. The lowest BCUT2D eigenvalue weighted by Crippen LogP contribution is -3.14. The second-order valence-corrected chi connectivity index (χ2v) is 8.42. The Kier molecular flexibility index (Phi) is 7.41. The zero-order chi connectivity index (χ0) is 21.5. The molecule has 2 aromatic rings. The van der Waals surface area contributed by atoms with Gasteiger partial charge in [-0.25, -0.2) is 4.98 Å². The molecule has 166 valence electrons. The Morgan fingerprint density at radius 3 is 2.74 bits per heavy atom. The van der Waals surface area contributed by atoms with Crippen LogP contribution in [0, 0.1) is 11.3 Å². The van der Waals surface area contributed by atoms with Gasteiger partial charge in [0.15, 0.2) is 0 Å². The van der Waals surface area contributed by atoms with Crippen LogP contribution in [-0.2, 0) is 24.2 Å². The van der Waals surface area contributed by atoms with E-state index in [0.29, 0.717) is 6.54 Å². The summed E-state index contributed by atoms with van der Waals surface area (Å²) in [7, 11) is 0. The summed E-state index contributed by atoms with van der Waals surface area (Å²) in [6.07, 6.45) is 3.69. The van der Waals surface area contributed by atoms with E-state index in [1.54, 1.807) is 16.1 Å². The molecule has 0 bridgehead atoms. The topological polar surface area (TPSA) is 93.2 Å². The molecule has 0 radical (unpaired) electrons. The van der Waals surface area contributed by atoms with Crippen molar-refractivity contribution in [3.63, 3.8) is 0 Å². The van der Waals surface area contributed by atoms with Crippen LogP contribution in [-0.4, -0.2) is 52.5 Å². The van der Waals surface area contributed by atoms with Crippen LogP contribution in [0.25, 0.3) is 0 Å².